The van der Waals surface area contributed by atoms with Gasteiger partial charge in [0.1, 0.15) is 0 Å². The molecule has 0 bridgehead atoms. The minimum absolute atomic E-state index is 0.222. The maximum absolute atomic E-state index is 11.5. The Morgan fingerprint density at radius 3 is 2.70 bits per heavy atom. The predicted molar refractivity (Wildman–Crippen MR) is 80.7 cm³/mol. The first-order valence-electron chi connectivity index (χ1n) is 7.51. The molecule has 1 amide bonds. The van der Waals surface area contributed by atoms with Crippen LogP contribution in [0.2, 0.25) is 0 Å². The first kappa shape index (κ1) is 14.0. The lowest BCUT2D eigenvalue weighted by atomic mass is 9.85. The van der Waals surface area contributed by atoms with Crippen LogP contribution in [0.5, 0.6) is 0 Å². The number of thiazole rings is 1. The van der Waals surface area contributed by atoms with Crippen LogP contribution in [0.1, 0.15) is 43.3 Å². The van der Waals surface area contributed by atoms with E-state index in [-0.39, 0.29) is 5.91 Å². The number of hydrogen-bond donors (Lipinski definition) is 0. The molecular formula is C15H23N3OS. The van der Waals surface area contributed by atoms with Crippen molar-refractivity contribution in [3.05, 3.63) is 16.1 Å². The average molecular weight is 293 g/mol. The summed E-state index contributed by atoms with van der Waals surface area (Å²) < 4.78 is 0. The van der Waals surface area contributed by atoms with Crippen LogP contribution in [-0.4, -0.2) is 45.9 Å². The standard InChI is InChI=1S/C15H23N3OS/c1-12-16-14(11-20-12)10-18-7-3-4-15(18)5-8-17(9-6-15)13(2)19/h11H,3-10H2,1-2H3. The van der Waals surface area contributed by atoms with Crippen LogP contribution < -0.4 is 0 Å². The van der Waals surface area contributed by atoms with Crippen LogP contribution in [0.25, 0.3) is 0 Å². The van der Waals surface area contributed by atoms with Gasteiger partial charge in [0.05, 0.1) is 10.7 Å². The zero-order valence-electron chi connectivity index (χ0n) is 12.4. The lowest BCUT2D eigenvalue weighted by Gasteiger charge is -2.44. The van der Waals surface area contributed by atoms with Crippen molar-refractivity contribution in [2.75, 3.05) is 19.6 Å². The number of nitrogens with zero attached hydrogens (tertiary/aromatic N) is 3. The molecule has 1 spiro atoms. The normalized spacial score (nSPS) is 22.6. The molecule has 3 rings (SSSR count). The van der Waals surface area contributed by atoms with E-state index in [1.807, 2.05) is 4.90 Å². The van der Waals surface area contributed by atoms with Gasteiger partial charge in [0.25, 0.3) is 0 Å². The fourth-order valence-corrected chi connectivity index (χ4v) is 4.33. The summed E-state index contributed by atoms with van der Waals surface area (Å²) in [7, 11) is 0. The summed E-state index contributed by atoms with van der Waals surface area (Å²) in [6.45, 7) is 7.74. The molecule has 1 aromatic rings. The van der Waals surface area contributed by atoms with Gasteiger partial charge < -0.3 is 4.90 Å². The highest BCUT2D eigenvalue weighted by Gasteiger charge is 2.43. The molecule has 0 radical (unpaired) electrons. The number of carbonyl (C=O) groups excluding carboxylic acids is 1. The van der Waals surface area contributed by atoms with Crippen LogP contribution in [0.4, 0.5) is 0 Å². The maximum atomic E-state index is 11.5. The van der Waals surface area contributed by atoms with Gasteiger partial charge >= 0.3 is 0 Å². The summed E-state index contributed by atoms with van der Waals surface area (Å²) in [4.78, 5) is 20.7. The molecule has 2 fully saturated rings. The highest BCUT2D eigenvalue weighted by Crippen LogP contribution is 2.39. The van der Waals surface area contributed by atoms with Crippen LogP contribution in [0.15, 0.2) is 5.38 Å². The van der Waals surface area contributed by atoms with Crippen molar-refractivity contribution >= 4 is 17.2 Å². The van der Waals surface area contributed by atoms with Crippen molar-refractivity contribution in [1.82, 2.24) is 14.8 Å². The third-order valence-corrected chi connectivity index (χ3v) is 5.72. The molecule has 110 valence electrons. The Labute approximate surface area is 124 Å². The SMILES string of the molecule is CC(=O)N1CCC2(CCCN2Cc2csc(C)n2)CC1. The molecule has 0 unspecified atom stereocenters. The van der Waals surface area contributed by atoms with Gasteiger partial charge in [0.15, 0.2) is 0 Å². The Morgan fingerprint density at radius 2 is 2.10 bits per heavy atom. The van der Waals surface area contributed by atoms with E-state index in [1.165, 1.54) is 25.1 Å². The van der Waals surface area contributed by atoms with Gasteiger partial charge in [-0.2, -0.15) is 0 Å². The summed E-state index contributed by atoms with van der Waals surface area (Å²) in [6, 6.07) is 0. The second kappa shape index (κ2) is 5.45. The summed E-state index contributed by atoms with van der Waals surface area (Å²) in [5, 5.41) is 3.34. The molecule has 2 aliphatic heterocycles. The third kappa shape index (κ3) is 2.61. The summed E-state index contributed by atoms with van der Waals surface area (Å²) in [5.41, 5.74) is 1.53. The predicted octanol–water partition coefficient (Wildman–Crippen LogP) is 2.43. The van der Waals surface area contributed by atoms with Gasteiger partial charge in [0, 0.05) is 37.5 Å². The summed E-state index contributed by atoms with van der Waals surface area (Å²) in [6.07, 6.45) is 4.80. The Balaban J connectivity index is 1.68. The molecule has 2 aliphatic rings. The molecule has 20 heavy (non-hydrogen) atoms. The van der Waals surface area contributed by atoms with E-state index in [0.29, 0.717) is 5.54 Å². The quantitative estimate of drug-likeness (QED) is 0.840. The summed E-state index contributed by atoms with van der Waals surface area (Å²) >= 11 is 1.74. The smallest absolute Gasteiger partial charge is 0.219 e. The molecule has 0 atom stereocenters. The zero-order chi connectivity index (χ0) is 14.2. The number of piperidine rings is 1. The highest BCUT2D eigenvalue weighted by atomic mass is 32.1. The van der Waals surface area contributed by atoms with Crippen LogP contribution in [0, 0.1) is 6.92 Å². The van der Waals surface area contributed by atoms with Crippen molar-refractivity contribution in [3.8, 4) is 0 Å². The first-order chi connectivity index (χ1) is 9.59. The second-order valence-electron chi connectivity index (χ2n) is 6.11. The van der Waals surface area contributed by atoms with E-state index >= 15 is 0 Å². The van der Waals surface area contributed by atoms with Crippen molar-refractivity contribution in [3.63, 3.8) is 0 Å². The minimum atomic E-state index is 0.222. The van der Waals surface area contributed by atoms with E-state index in [9.17, 15) is 4.79 Å². The molecule has 3 heterocycles. The van der Waals surface area contributed by atoms with Gasteiger partial charge in [-0.05, 0) is 39.2 Å². The minimum Gasteiger partial charge on any atom is -0.343 e. The van der Waals surface area contributed by atoms with E-state index < -0.39 is 0 Å². The molecular weight excluding hydrogens is 270 g/mol. The monoisotopic (exact) mass is 293 g/mol. The molecule has 4 nitrogen and oxygen atoms in total. The van der Waals surface area contributed by atoms with E-state index in [0.717, 1.165) is 37.5 Å². The number of carbonyl (C=O) groups is 1. The fourth-order valence-electron chi connectivity index (χ4n) is 3.72. The zero-order valence-corrected chi connectivity index (χ0v) is 13.2. The van der Waals surface area contributed by atoms with Gasteiger partial charge in [-0.3, -0.25) is 9.69 Å². The van der Waals surface area contributed by atoms with Crippen LogP contribution in [-0.2, 0) is 11.3 Å². The van der Waals surface area contributed by atoms with Gasteiger partial charge in [-0.15, -0.1) is 11.3 Å². The number of aromatic nitrogens is 1. The molecule has 0 N–H and O–H groups in total. The maximum Gasteiger partial charge on any atom is 0.219 e. The highest BCUT2D eigenvalue weighted by molar-refractivity contribution is 7.09. The van der Waals surface area contributed by atoms with Gasteiger partial charge in [0.2, 0.25) is 5.91 Å². The van der Waals surface area contributed by atoms with Crippen molar-refractivity contribution < 1.29 is 4.79 Å². The molecule has 2 saturated heterocycles. The van der Waals surface area contributed by atoms with Crippen molar-refractivity contribution in [2.24, 2.45) is 0 Å². The van der Waals surface area contributed by atoms with E-state index in [4.69, 9.17) is 0 Å². The molecule has 5 heteroatoms. The number of likely N-dealkylation sites (tertiary alicyclic amines) is 2. The van der Waals surface area contributed by atoms with Crippen LogP contribution in [0.3, 0.4) is 0 Å². The largest absolute Gasteiger partial charge is 0.343 e. The van der Waals surface area contributed by atoms with E-state index in [1.54, 1.807) is 18.3 Å². The van der Waals surface area contributed by atoms with Crippen molar-refractivity contribution in [1.29, 1.82) is 0 Å². The summed E-state index contributed by atoms with van der Waals surface area (Å²) in [5.74, 6) is 0.222. The Kier molecular flexibility index (Phi) is 3.82. The first-order valence-corrected chi connectivity index (χ1v) is 8.39. The van der Waals surface area contributed by atoms with Gasteiger partial charge in [-0.25, -0.2) is 4.98 Å². The van der Waals surface area contributed by atoms with Gasteiger partial charge in [-0.1, -0.05) is 0 Å². The molecule has 0 aromatic carbocycles. The number of rotatable bonds is 2. The average Bonchev–Trinajstić information content (AvgIpc) is 2.99. The lowest BCUT2D eigenvalue weighted by molar-refractivity contribution is -0.131. The fraction of sp³-hybridized carbons (Fsp3) is 0.733. The number of amides is 1. The topological polar surface area (TPSA) is 36.4 Å². The Hall–Kier alpha value is -0.940. The molecule has 1 aromatic heterocycles. The number of hydrogen-bond acceptors (Lipinski definition) is 4. The lowest BCUT2D eigenvalue weighted by Crippen LogP contribution is -2.52. The molecule has 0 saturated carbocycles. The second-order valence-corrected chi connectivity index (χ2v) is 7.18. The Morgan fingerprint density at radius 1 is 1.35 bits per heavy atom. The van der Waals surface area contributed by atoms with Crippen molar-refractivity contribution in [2.45, 2.75) is 51.6 Å². The number of aryl methyl sites for hydroxylation is 1. The van der Waals surface area contributed by atoms with E-state index in [2.05, 4.69) is 22.2 Å². The van der Waals surface area contributed by atoms with Crippen LogP contribution >= 0.6 is 11.3 Å². The third-order valence-electron chi connectivity index (χ3n) is 4.90. The Bertz CT molecular complexity index is 491. The molecule has 0 aliphatic carbocycles.